The maximum Gasteiger partial charge on any atom is 0.166 e. The topological polar surface area (TPSA) is 26.3 Å². The van der Waals surface area contributed by atoms with Gasteiger partial charge in [0.1, 0.15) is 11.6 Å². The number of ketones is 1. The molecule has 1 aromatic rings. The van der Waals surface area contributed by atoms with Crippen molar-refractivity contribution < 1.29 is 13.9 Å². The first-order valence-electron chi connectivity index (χ1n) is 5.11. The molecule has 0 bridgehead atoms. The summed E-state index contributed by atoms with van der Waals surface area (Å²) >= 11 is 3.30. The second kappa shape index (κ2) is 6.63. The van der Waals surface area contributed by atoms with Crippen molar-refractivity contribution in [2.45, 2.75) is 19.3 Å². The standard InChI is InChI=1S/C12H14BrFO2/c1-16-12-6-5-9(14)8-10(12)11(15)4-2-3-7-13/h5-6,8H,2-4,7H2,1H3. The average molecular weight is 289 g/mol. The van der Waals surface area contributed by atoms with Gasteiger partial charge in [-0.05, 0) is 31.0 Å². The van der Waals surface area contributed by atoms with Crippen LogP contribution in [0, 0.1) is 5.82 Å². The molecule has 0 aliphatic heterocycles. The molecule has 88 valence electrons. The van der Waals surface area contributed by atoms with Crippen LogP contribution in [-0.2, 0) is 0 Å². The summed E-state index contributed by atoms with van der Waals surface area (Å²) in [7, 11) is 1.47. The van der Waals surface area contributed by atoms with Gasteiger partial charge >= 0.3 is 0 Å². The molecule has 1 rings (SSSR count). The average Bonchev–Trinajstić information content (AvgIpc) is 2.29. The third-order valence-corrected chi connectivity index (χ3v) is 2.81. The van der Waals surface area contributed by atoms with Crippen LogP contribution in [0.5, 0.6) is 5.75 Å². The van der Waals surface area contributed by atoms with Crippen molar-refractivity contribution in [3.8, 4) is 5.75 Å². The highest BCUT2D eigenvalue weighted by Gasteiger charge is 2.12. The van der Waals surface area contributed by atoms with Gasteiger partial charge < -0.3 is 4.74 Å². The van der Waals surface area contributed by atoms with E-state index in [1.54, 1.807) is 0 Å². The van der Waals surface area contributed by atoms with Gasteiger partial charge in [-0.25, -0.2) is 4.39 Å². The fourth-order valence-corrected chi connectivity index (χ4v) is 1.81. The summed E-state index contributed by atoms with van der Waals surface area (Å²) < 4.78 is 18.0. The maximum absolute atomic E-state index is 13.0. The minimum atomic E-state index is -0.412. The van der Waals surface area contributed by atoms with Crippen molar-refractivity contribution in [1.82, 2.24) is 0 Å². The Hall–Kier alpha value is -0.900. The van der Waals surface area contributed by atoms with Crippen LogP contribution < -0.4 is 4.74 Å². The van der Waals surface area contributed by atoms with Crippen LogP contribution in [0.4, 0.5) is 4.39 Å². The number of alkyl halides is 1. The number of carbonyl (C=O) groups excluding carboxylic acids is 1. The van der Waals surface area contributed by atoms with Crippen molar-refractivity contribution in [3.63, 3.8) is 0 Å². The second-order valence-electron chi connectivity index (χ2n) is 3.41. The minimum absolute atomic E-state index is 0.0719. The molecule has 0 radical (unpaired) electrons. The van der Waals surface area contributed by atoms with Crippen molar-refractivity contribution in [2.75, 3.05) is 12.4 Å². The van der Waals surface area contributed by atoms with Crippen LogP contribution >= 0.6 is 15.9 Å². The molecule has 0 unspecified atom stereocenters. The Morgan fingerprint density at radius 3 is 2.81 bits per heavy atom. The molecule has 0 fully saturated rings. The molecule has 16 heavy (non-hydrogen) atoms. The van der Waals surface area contributed by atoms with E-state index in [1.165, 1.54) is 25.3 Å². The van der Waals surface area contributed by atoms with Gasteiger partial charge in [-0.3, -0.25) is 4.79 Å². The van der Waals surface area contributed by atoms with Crippen molar-refractivity contribution in [2.24, 2.45) is 0 Å². The highest BCUT2D eigenvalue weighted by Crippen LogP contribution is 2.21. The number of hydrogen-bond donors (Lipinski definition) is 0. The number of rotatable bonds is 6. The zero-order valence-corrected chi connectivity index (χ0v) is 10.7. The third-order valence-electron chi connectivity index (χ3n) is 2.25. The lowest BCUT2D eigenvalue weighted by atomic mass is 10.0. The Morgan fingerprint density at radius 2 is 2.19 bits per heavy atom. The fraction of sp³-hybridized carbons (Fsp3) is 0.417. The fourth-order valence-electron chi connectivity index (χ4n) is 1.41. The van der Waals surface area contributed by atoms with Crippen LogP contribution in [0.1, 0.15) is 29.6 Å². The van der Waals surface area contributed by atoms with E-state index >= 15 is 0 Å². The first-order chi connectivity index (χ1) is 7.69. The minimum Gasteiger partial charge on any atom is -0.496 e. The van der Waals surface area contributed by atoms with Gasteiger partial charge in [0.2, 0.25) is 0 Å². The lowest BCUT2D eigenvalue weighted by Gasteiger charge is -2.07. The van der Waals surface area contributed by atoms with Crippen LogP contribution in [0.15, 0.2) is 18.2 Å². The van der Waals surface area contributed by atoms with Crippen molar-refractivity contribution in [3.05, 3.63) is 29.6 Å². The monoisotopic (exact) mass is 288 g/mol. The van der Waals surface area contributed by atoms with E-state index in [2.05, 4.69) is 15.9 Å². The Balaban J connectivity index is 2.76. The number of methoxy groups -OCH3 is 1. The van der Waals surface area contributed by atoms with E-state index in [4.69, 9.17) is 4.74 Å². The van der Waals surface area contributed by atoms with Crippen molar-refractivity contribution >= 4 is 21.7 Å². The number of ether oxygens (including phenoxy) is 1. The van der Waals surface area contributed by atoms with Gasteiger partial charge in [0.25, 0.3) is 0 Å². The summed E-state index contributed by atoms with van der Waals surface area (Å²) in [5.74, 6) is -0.0489. The van der Waals surface area contributed by atoms with Gasteiger partial charge in [-0.15, -0.1) is 0 Å². The summed E-state index contributed by atoms with van der Waals surface area (Å²) in [4.78, 5) is 11.8. The number of benzene rings is 1. The van der Waals surface area contributed by atoms with Crippen molar-refractivity contribution in [1.29, 1.82) is 0 Å². The summed E-state index contributed by atoms with van der Waals surface area (Å²) in [6.07, 6.45) is 2.15. The molecule has 0 aromatic heterocycles. The molecule has 0 saturated carbocycles. The van der Waals surface area contributed by atoms with Gasteiger partial charge in [0.15, 0.2) is 5.78 Å². The molecular formula is C12H14BrFO2. The molecular weight excluding hydrogens is 275 g/mol. The predicted molar refractivity (Wildman–Crippen MR) is 64.9 cm³/mol. The van der Waals surface area contributed by atoms with Crippen LogP contribution in [0.25, 0.3) is 0 Å². The molecule has 1 aromatic carbocycles. The first kappa shape index (κ1) is 13.2. The Labute approximate surface area is 103 Å². The highest BCUT2D eigenvalue weighted by atomic mass is 79.9. The summed E-state index contributed by atoms with van der Waals surface area (Å²) in [5.41, 5.74) is 0.331. The van der Waals surface area contributed by atoms with Crippen LogP contribution in [-0.4, -0.2) is 18.2 Å². The van der Waals surface area contributed by atoms with Crippen LogP contribution in [0.3, 0.4) is 0 Å². The van der Waals surface area contributed by atoms with Gasteiger partial charge in [-0.2, -0.15) is 0 Å². The number of Topliss-reactive ketones (excluding diaryl/α,β-unsaturated/α-hetero) is 1. The quantitative estimate of drug-likeness (QED) is 0.454. The molecule has 0 saturated heterocycles. The van der Waals surface area contributed by atoms with Gasteiger partial charge in [0, 0.05) is 11.8 Å². The van der Waals surface area contributed by atoms with E-state index in [1.807, 2.05) is 0 Å². The summed E-state index contributed by atoms with van der Waals surface area (Å²) in [5, 5.41) is 0.876. The van der Waals surface area contributed by atoms with Gasteiger partial charge in [0.05, 0.1) is 12.7 Å². The molecule has 0 spiro atoms. The normalized spacial score (nSPS) is 10.2. The Bertz CT molecular complexity index is 366. The number of unbranched alkanes of at least 4 members (excludes halogenated alkanes) is 1. The molecule has 0 aliphatic rings. The number of carbonyl (C=O) groups is 1. The third kappa shape index (κ3) is 3.59. The SMILES string of the molecule is COc1ccc(F)cc1C(=O)CCCCBr. The second-order valence-corrected chi connectivity index (χ2v) is 4.21. The number of halogens is 2. The zero-order chi connectivity index (χ0) is 12.0. The molecule has 0 N–H and O–H groups in total. The maximum atomic E-state index is 13.0. The molecule has 4 heteroatoms. The molecule has 2 nitrogen and oxygen atoms in total. The smallest absolute Gasteiger partial charge is 0.166 e. The van der Waals surface area contributed by atoms with Gasteiger partial charge in [-0.1, -0.05) is 15.9 Å². The summed E-state index contributed by atoms with van der Waals surface area (Å²) in [6.45, 7) is 0. The largest absolute Gasteiger partial charge is 0.496 e. The first-order valence-corrected chi connectivity index (χ1v) is 6.24. The van der Waals surface area contributed by atoms with E-state index in [-0.39, 0.29) is 5.78 Å². The molecule has 0 amide bonds. The summed E-state index contributed by atoms with van der Waals surface area (Å²) in [6, 6.07) is 4.00. The molecule has 0 aliphatic carbocycles. The van der Waals surface area contributed by atoms with E-state index in [0.717, 1.165) is 18.2 Å². The van der Waals surface area contributed by atoms with E-state index < -0.39 is 5.82 Å². The van der Waals surface area contributed by atoms with E-state index in [9.17, 15) is 9.18 Å². The Kier molecular flexibility index (Phi) is 5.46. The molecule has 0 atom stereocenters. The van der Waals surface area contributed by atoms with E-state index in [0.29, 0.717) is 17.7 Å². The lowest BCUT2D eigenvalue weighted by Crippen LogP contribution is -2.03. The lowest BCUT2D eigenvalue weighted by molar-refractivity contribution is 0.0976. The molecule has 0 heterocycles. The predicted octanol–water partition coefficient (Wildman–Crippen LogP) is 3.58. The Morgan fingerprint density at radius 1 is 1.44 bits per heavy atom. The number of hydrogen-bond acceptors (Lipinski definition) is 2. The highest BCUT2D eigenvalue weighted by molar-refractivity contribution is 9.09. The zero-order valence-electron chi connectivity index (χ0n) is 9.13. The van der Waals surface area contributed by atoms with Crippen LogP contribution in [0.2, 0.25) is 0 Å².